The molecule has 0 aliphatic rings. The van der Waals surface area contributed by atoms with E-state index in [2.05, 4.69) is 36.8 Å². The van der Waals surface area contributed by atoms with Crippen LogP contribution in [0, 0.1) is 0 Å². The SMILES string of the molecule is CC(C)c1cc(Oc2c(Br)cc(C(C)CC(=O)O)cc2Br)cc(C=Cc2ccncc2)c1O. The van der Waals surface area contributed by atoms with Crippen molar-refractivity contribution in [2.75, 3.05) is 0 Å². The van der Waals surface area contributed by atoms with Crippen LogP contribution in [0.2, 0.25) is 0 Å². The smallest absolute Gasteiger partial charge is 0.303 e. The lowest BCUT2D eigenvalue weighted by Gasteiger charge is -2.17. The minimum absolute atomic E-state index is 0.0436. The number of hydrogen-bond donors (Lipinski definition) is 2. The van der Waals surface area contributed by atoms with Crippen molar-refractivity contribution in [2.45, 2.75) is 39.0 Å². The maximum Gasteiger partial charge on any atom is 0.303 e. The number of nitrogens with zero attached hydrogens (tertiary/aromatic N) is 1. The number of carboxylic acid groups (broad SMARTS) is 1. The van der Waals surface area contributed by atoms with E-state index in [-0.39, 0.29) is 24.0 Å². The highest BCUT2D eigenvalue weighted by atomic mass is 79.9. The van der Waals surface area contributed by atoms with E-state index < -0.39 is 5.97 Å². The molecular weight excluding hydrogens is 550 g/mol. The predicted molar refractivity (Wildman–Crippen MR) is 138 cm³/mol. The summed E-state index contributed by atoms with van der Waals surface area (Å²) in [5.41, 5.74) is 3.28. The van der Waals surface area contributed by atoms with Crippen molar-refractivity contribution in [1.82, 2.24) is 4.98 Å². The molecule has 5 nitrogen and oxygen atoms in total. The van der Waals surface area contributed by atoms with Crippen LogP contribution >= 0.6 is 31.9 Å². The zero-order valence-electron chi connectivity index (χ0n) is 18.5. The quantitative estimate of drug-likeness (QED) is 0.285. The molecule has 7 heteroatoms. The van der Waals surface area contributed by atoms with Crippen molar-refractivity contribution >= 4 is 50.0 Å². The number of phenols is 1. The van der Waals surface area contributed by atoms with Crippen LogP contribution in [0.1, 0.15) is 61.3 Å². The van der Waals surface area contributed by atoms with Gasteiger partial charge in [0.1, 0.15) is 11.5 Å². The van der Waals surface area contributed by atoms with E-state index >= 15 is 0 Å². The Labute approximate surface area is 210 Å². The molecule has 3 rings (SSSR count). The molecule has 0 saturated heterocycles. The van der Waals surface area contributed by atoms with Gasteiger partial charge in [0.05, 0.1) is 15.4 Å². The van der Waals surface area contributed by atoms with Crippen LogP contribution in [0.25, 0.3) is 12.2 Å². The maximum atomic E-state index is 11.1. The van der Waals surface area contributed by atoms with Crippen molar-refractivity contribution in [3.05, 3.63) is 80.0 Å². The fraction of sp³-hybridized carbons (Fsp3) is 0.231. The third-order valence-electron chi connectivity index (χ3n) is 5.22. The van der Waals surface area contributed by atoms with Gasteiger partial charge < -0.3 is 14.9 Å². The van der Waals surface area contributed by atoms with Gasteiger partial charge in [0.25, 0.3) is 0 Å². The Kier molecular flexibility index (Phi) is 8.32. The first-order valence-electron chi connectivity index (χ1n) is 10.5. The maximum absolute atomic E-state index is 11.1. The molecule has 0 aliphatic heterocycles. The highest BCUT2D eigenvalue weighted by Crippen LogP contribution is 2.42. The highest BCUT2D eigenvalue weighted by molar-refractivity contribution is 9.11. The lowest BCUT2D eigenvalue weighted by Crippen LogP contribution is -2.03. The second-order valence-corrected chi connectivity index (χ2v) is 9.84. The number of phenolic OH excluding ortho intramolecular Hbond substituents is 1. The molecule has 172 valence electrons. The molecule has 2 aromatic carbocycles. The molecule has 2 N–H and O–H groups in total. The normalized spacial score (nSPS) is 12.3. The molecule has 33 heavy (non-hydrogen) atoms. The van der Waals surface area contributed by atoms with Crippen LogP contribution in [0.5, 0.6) is 17.2 Å². The monoisotopic (exact) mass is 573 g/mol. The Morgan fingerprint density at radius 1 is 1.06 bits per heavy atom. The molecule has 0 saturated carbocycles. The zero-order chi connectivity index (χ0) is 24.1. The van der Waals surface area contributed by atoms with Gasteiger partial charge in [-0.25, -0.2) is 0 Å². The van der Waals surface area contributed by atoms with E-state index in [9.17, 15) is 9.90 Å². The Morgan fingerprint density at radius 3 is 2.27 bits per heavy atom. The van der Waals surface area contributed by atoms with Crippen molar-refractivity contribution in [1.29, 1.82) is 0 Å². The van der Waals surface area contributed by atoms with Crippen molar-refractivity contribution in [2.24, 2.45) is 0 Å². The summed E-state index contributed by atoms with van der Waals surface area (Å²) in [5, 5.41) is 19.9. The van der Waals surface area contributed by atoms with E-state index in [0.29, 0.717) is 26.0 Å². The number of aliphatic carboxylic acids is 1. The first-order chi connectivity index (χ1) is 15.7. The summed E-state index contributed by atoms with van der Waals surface area (Å²) in [6.07, 6.45) is 7.24. The molecule has 1 atom stereocenters. The van der Waals surface area contributed by atoms with Gasteiger partial charge in [-0.2, -0.15) is 0 Å². The third kappa shape index (κ3) is 6.45. The van der Waals surface area contributed by atoms with Gasteiger partial charge in [-0.05, 0) is 91.2 Å². The number of aromatic nitrogens is 1. The van der Waals surface area contributed by atoms with Gasteiger partial charge in [-0.3, -0.25) is 9.78 Å². The Hall–Kier alpha value is -2.64. The molecule has 0 bridgehead atoms. The molecule has 0 spiro atoms. The highest BCUT2D eigenvalue weighted by Gasteiger charge is 2.18. The van der Waals surface area contributed by atoms with Gasteiger partial charge in [-0.1, -0.05) is 32.9 Å². The number of ether oxygens (including phenoxy) is 1. The average molecular weight is 575 g/mol. The summed E-state index contributed by atoms with van der Waals surface area (Å²) >= 11 is 7.12. The molecule has 0 fully saturated rings. The number of benzene rings is 2. The average Bonchev–Trinajstić information content (AvgIpc) is 2.76. The van der Waals surface area contributed by atoms with Crippen LogP contribution in [0.15, 0.2) is 57.7 Å². The van der Waals surface area contributed by atoms with Crippen molar-refractivity contribution in [3.63, 3.8) is 0 Å². The molecule has 3 aromatic rings. The van der Waals surface area contributed by atoms with E-state index in [4.69, 9.17) is 9.84 Å². The van der Waals surface area contributed by atoms with Gasteiger partial charge in [0.2, 0.25) is 0 Å². The Balaban J connectivity index is 1.97. The van der Waals surface area contributed by atoms with Crippen LogP contribution < -0.4 is 4.74 Å². The fourth-order valence-electron chi connectivity index (χ4n) is 3.40. The third-order valence-corrected chi connectivity index (χ3v) is 6.39. The number of halogens is 2. The van der Waals surface area contributed by atoms with E-state index in [1.54, 1.807) is 18.5 Å². The summed E-state index contributed by atoms with van der Waals surface area (Å²) < 4.78 is 7.64. The molecule has 0 aliphatic carbocycles. The van der Waals surface area contributed by atoms with Gasteiger partial charge in [-0.15, -0.1) is 0 Å². The van der Waals surface area contributed by atoms with Crippen LogP contribution in [-0.2, 0) is 4.79 Å². The summed E-state index contributed by atoms with van der Waals surface area (Å²) in [7, 11) is 0. The standard InChI is InChI=1S/C26H25Br2NO4/c1-15(2)21-14-20(11-18(25(21)32)5-4-17-6-8-29-9-7-17)33-26-22(27)12-19(13-23(26)28)16(3)10-24(30)31/h4-9,11-16,32H,10H2,1-3H3,(H,30,31). The van der Waals surface area contributed by atoms with Crippen molar-refractivity contribution in [3.8, 4) is 17.2 Å². The second kappa shape index (κ2) is 11.0. The number of rotatable bonds is 8. The van der Waals surface area contributed by atoms with E-state index in [1.165, 1.54) is 0 Å². The number of carboxylic acids is 1. The largest absolute Gasteiger partial charge is 0.507 e. The Morgan fingerprint density at radius 2 is 1.70 bits per heavy atom. The van der Waals surface area contributed by atoms with Crippen LogP contribution in [-0.4, -0.2) is 21.2 Å². The van der Waals surface area contributed by atoms with Crippen molar-refractivity contribution < 1.29 is 19.7 Å². The summed E-state index contributed by atoms with van der Waals surface area (Å²) in [5.74, 6) is 0.485. The molecule has 1 heterocycles. The van der Waals surface area contributed by atoms with Crippen LogP contribution in [0.4, 0.5) is 0 Å². The predicted octanol–water partition coefficient (Wildman–Crippen LogP) is 7.98. The first-order valence-corrected chi connectivity index (χ1v) is 12.1. The minimum Gasteiger partial charge on any atom is -0.507 e. The topological polar surface area (TPSA) is 79.7 Å². The molecule has 0 radical (unpaired) electrons. The summed E-state index contributed by atoms with van der Waals surface area (Å²) in [6, 6.07) is 11.2. The number of hydrogen-bond acceptors (Lipinski definition) is 4. The van der Waals surface area contributed by atoms with Gasteiger partial charge in [0, 0.05) is 23.5 Å². The lowest BCUT2D eigenvalue weighted by atomic mass is 9.97. The molecular formula is C26H25Br2NO4. The Bertz CT molecular complexity index is 1150. The van der Waals surface area contributed by atoms with Gasteiger partial charge in [0.15, 0.2) is 5.75 Å². The fourth-order valence-corrected chi connectivity index (χ4v) is 4.78. The minimum atomic E-state index is -0.840. The second-order valence-electron chi connectivity index (χ2n) is 8.13. The first kappa shape index (κ1) is 25.0. The van der Waals surface area contributed by atoms with E-state index in [0.717, 1.165) is 16.7 Å². The number of carbonyl (C=O) groups is 1. The van der Waals surface area contributed by atoms with E-state index in [1.807, 2.05) is 63.3 Å². The number of pyridine rings is 1. The summed E-state index contributed by atoms with van der Waals surface area (Å²) in [6.45, 7) is 5.90. The molecule has 0 amide bonds. The van der Waals surface area contributed by atoms with Crippen LogP contribution in [0.3, 0.4) is 0 Å². The summed E-state index contributed by atoms with van der Waals surface area (Å²) in [4.78, 5) is 15.1. The zero-order valence-corrected chi connectivity index (χ0v) is 21.7. The van der Waals surface area contributed by atoms with Gasteiger partial charge >= 0.3 is 5.97 Å². The molecule has 1 unspecified atom stereocenters. The number of aromatic hydroxyl groups is 1. The lowest BCUT2D eigenvalue weighted by molar-refractivity contribution is -0.137. The molecule has 1 aromatic heterocycles.